The number of alkyl halides is 2. The van der Waals surface area contributed by atoms with E-state index in [9.17, 15) is 18.7 Å². The molecule has 2 atom stereocenters. The van der Waals surface area contributed by atoms with E-state index in [1.165, 1.54) is 30.3 Å². The first kappa shape index (κ1) is 26.9. The van der Waals surface area contributed by atoms with Gasteiger partial charge in [0, 0.05) is 17.7 Å². The molecule has 0 saturated carbocycles. The molecule has 0 bridgehead atoms. The normalized spacial score (nSPS) is 17.1. The largest absolute Gasteiger partial charge is 0.486 e. The Morgan fingerprint density at radius 1 is 1.05 bits per heavy atom. The van der Waals surface area contributed by atoms with E-state index >= 15 is 8.78 Å². The molecule has 5 rings (SSSR count). The molecule has 2 aliphatic heterocycles. The van der Waals surface area contributed by atoms with Crippen molar-refractivity contribution in [1.29, 1.82) is 0 Å². The Bertz CT molecular complexity index is 1320. The summed E-state index contributed by atoms with van der Waals surface area (Å²) in [6.45, 7) is 1.83. The SMILES string of the molecule is O=C(N[C@H](CN1CCCC1)[C@H](O)c1cc(F)c2c(c1)OCCO2)C(F)(F)c1ccc(-c2ccc(F)cn2)cc1. The van der Waals surface area contributed by atoms with Crippen LogP contribution in [0.15, 0.2) is 54.7 Å². The molecule has 206 valence electrons. The van der Waals surface area contributed by atoms with Gasteiger partial charge in [0.25, 0.3) is 5.91 Å². The number of ether oxygens (including phenoxy) is 2. The Morgan fingerprint density at radius 3 is 2.46 bits per heavy atom. The van der Waals surface area contributed by atoms with Gasteiger partial charge in [-0.15, -0.1) is 0 Å². The molecule has 2 aliphatic rings. The summed E-state index contributed by atoms with van der Waals surface area (Å²) in [6, 6.07) is 8.84. The number of likely N-dealkylation sites (tertiary alicyclic amines) is 1. The van der Waals surface area contributed by atoms with Crippen LogP contribution < -0.4 is 14.8 Å². The summed E-state index contributed by atoms with van der Waals surface area (Å²) in [5, 5.41) is 13.5. The fourth-order valence-corrected chi connectivity index (χ4v) is 4.79. The highest BCUT2D eigenvalue weighted by Gasteiger charge is 2.43. The average molecular weight is 546 g/mol. The molecule has 2 N–H and O–H groups in total. The van der Waals surface area contributed by atoms with E-state index in [2.05, 4.69) is 10.3 Å². The number of nitrogens with zero attached hydrogens (tertiary/aromatic N) is 2. The van der Waals surface area contributed by atoms with Crippen LogP contribution in [0, 0.1) is 11.6 Å². The highest BCUT2D eigenvalue weighted by atomic mass is 19.3. The summed E-state index contributed by atoms with van der Waals surface area (Å²) >= 11 is 0. The van der Waals surface area contributed by atoms with Crippen molar-refractivity contribution >= 4 is 5.91 Å². The average Bonchev–Trinajstić information content (AvgIpc) is 3.46. The predicted molar refractivity (Wildman–Crippen MR) is 133 cm³/mol. The van der Waals surface area contributed by atoms with Crippen molar-refractivity contribution in [2.45, 2.75) is 30.9 Å². The van der Waals surface area contributed by atoms with Crippen LogP contribution >= 0.6 is 0 Å². The number of rotatable bonds is 8. The first-order chi connectivity index (χ1) is 18.7. The molecule has 3 aromatic rings. The van der Waals surface area contributed by atoms with Gasteiger partial charge in [-0.25, -0.2) is 8.78 Å². The van der Waals surface area contributed by atoms with E-state index in [1.54, 1.807) is 0 Å². The lowest BCUT2D eigenvalue weighted by molar-refractivity contribution is -0.149. The van der Waals surface area contributed by atoms with E-state index in [1.807, 2.05) is 4.90 Å². The van der Waals surface area contributed by atoms with Gasteiger partial charge >= 0.3 is 5.92 Å². The van der Waals surface area contributed by atoms with Crippen LogP contribution in [0.25, 0.3) is 11.3 Å². The zero-order chi connectivity index (χ0) is 27.6. The van der Waals surface area contributed by atoms with Crippen LogP contribution in [0.4, 0.5) is 17.6 Å². The third kappa shape index (κ3) is 5.84. The van der Waals surface area contributed by atoms with E-state index in [0.29, 0.717) is 24.3 Å². The fraction of sp³-hybridized carbons (Fsp3) is 0.357. The lowest BCUT2D eigenvalue weighted by atomic mass is 9.99. The summed E-state index contributed by atoms with van der Waals surface area (Å²) in [4.78, 5) is 18.8. The third-order valence-corrected chi connectivity index (χ3v) is 6.87. The lowest BCUT2D eigenvalue weighted by Gasteiger charge is -2.30. The maximum Gasteiger partial charge on any atom is 0.349 e. The number of nitrogens with one attached hydrogen (secondary N) is 1. The molecular formula is C28H27F4N3O4. The van der Waals surface area contributed by atoms with E-state index in [4.69, 9.17) is 9.47 Å². The maximum atomic E-state index is 15.3. The molecule has 0 spiro atoms. The van der Waals surface area contributed by atoms with Crippen molar-refractivity contribution in [3.8, 4) is 22.8 Å². The second-order valence-electron chi connectivity index (χ2n) is 9.57. The van der Waals surface area contributed by atoms with Gasteiger partial charge in [-0.1, -0.05) is 24.3 Å². The number of aliphatic hydroxyl groups excluding tert-OH is 1. The highest BCUT2D eigenvalue weighted by molar-refractivity contribution is 5.85. The zero-order valence-corrected chi connectivity index (χ0v) is 20.9. The molecule has 0 unspecified atom stereocenters. The molecule has 3 heterocycles. The van der Waals surface area contributed by atoms with Crippen LogP contribution in [0.1, 0.15) is 30.1 Å². The molecule has 39 heavy (non-hydrogen) atoms. The number of halogens is 4. The standard InChI is InChI=1S/C28H27F4N3O4/c29-20-7-8-22(33-15-20)17-3-5-19(6-4-17)28(31,32)27(37)34-23(16-35-9-1-2-10-35)25(36)18-13-21(30)26-24(14-18)38-11-12-39-26/h3-8,13-15,23,25,36H,1-2,9-12,16H2,(H,34,37)/t23-,25-/m1/s1. The van der Waals surface area contributed by atoms with E-state index in [0.717, 1.165) is 37.2 Å². The second-order valence-corrected chi connectivity index (χ2v) is 9.57. The number of aromatic nitrogens is 1. The summed E-state index contributed by atoms with van der Waals surface area (Å²) in [5.41, 5.74) is 0.362. The second kappa shape index (κ2) is 11.2. The minimum absolute atomic E-state index is 0.0701. The lowest BCUT2D eigenvalue weighted by Crippen LogP contribution is -2.51. The Hall–Kier alpha value is -3.70. The topological polar surface area (TPSA) is 83.9 Å². The number of aliphatic hydroxyl groups is 1. The predicted octanol–water partition coefficient (Wildman–Crippen LogP) is 4.20. The van der Waals surface area contributed by atoms with Crippen molar-refractivity contribution in [3.63, 3.8) is 0 Å². The maximum absolute atomic E-state index is 15.3. The minimum atomic E-state index is -3.93. The van der Waals surface area contributed by atoms with Crippen molar-refractivity contribution in [3.05, 3.63) is 77.5 Å². The number of hydrogen-bond donors (Lipinski definition) is 2. The smallest absolute Gasteiger partial charge is 0.349 e. The van der Waals surface area contributed by atoms with Crippen LogP contribution in [-0.4, -0.2) is 59.8 Å². The van der Waals surface area contributed by atoms with Gasteiger partial charge in [-0.3, -0.25) is 9.78 Å². The van der Waals surface area contributed by atoms with Gasteiger partial charge in [0.05, 0.1) is 17.9 Å². The highest BCUT2D eigenvalue weighted by Crippen LogP contribution is 2.37. The summed E-state index contributed by atoms with van der Waals surface area (Å²) in [6.07, 6.45) is 1.33. The Morgan fingerprint density at radius 2 is 1.77 bits per heavy atom. The van der Waals surface area contributed by atoms with Gasteiger partial charge in [0.15, 0.2) is 17.3 Å². The van der Waals surface area contributed by atoms with Gasteiger partial charge < -0.3 is 24.8 Å². The molecule has 0 radical (unpaired) electrons. The molecule has 1 aromatic heterocycles. The Kier molecular flexibility index (Phi) is 7.72. The van der Waals surface area contributed by atoms with Gasteiger partial charge in [0.1, 0.15) is 25.1 Å². The molecule has 7 nitrogen and oxygen atoms in total. The molecule has 2 aromatic carbocycles. The number of benzene rings is 2. The summed E-state index contributed by atoms with van der Waals surface area (Å²) in [7, 11) is 0. The summed E-state index contributed by atoms with van der Waals surface area (Å²) < 4.78 is 69.1. The third-order valence-electron chi connectivity index (χ3n) is 6.87. The first-order valence-electron chi connectivity index (χ1n) is 12.6. The zero-order valence-electron chi connectivity index (χ0n) is 20.9. The van der Waals surface area contributed by atoms with Crippen LogP contribution in [0.3, 0.4) is 0 Å². The molecule has 0 aliphatic carbocycles. The number of hydrogen-bond acceptors (Lipinski definition) is 6. The number of carbonyl (C=O) groups is 1. The monoisotopic (exact) mass is 545 g/mol. The van der Waals surface area contributed by atoms with Gasteiger partial charge in [0.2, 0.25) is 0 Å². The van der Waals surface area contributed by atoms with E-state index < -0.39 is 41.2 Å². The molecular weight excluding hydrogens is 518 g/mol. The molecule has 1 amide bonds. The molecule has 1 fully saturated rings. The number of carbonyl (C=O) groups excluding carboxylic acids is 1. The minimum Gasteiger partial charge on any atom is -0.486 e. The molecule has 1 saturated heterocycles. The van der Waals surface area contributed by atoms with Crippen LogP contribution in [0.5, 0.6) is 11.5 Å². The summed E-state index contributed by atoms with van der Waals surface area (Å²) in [5.74, 6) is -6.80. The van der Waals surface area contributed by atoms with Crippen molar-refractivity contribution in [2.75, 3.05) is 32.8 Å². The van der Waals surface area contributed by atoms with Crippen molar-refractivity contribution in [2.24, 2.45) is 0 Å². The van der Waals surface area contributed by atoms with Crippen molar-refractivity contribution in [1.82, 2.24) is 15.2 Å². The van der Waals surface area contributed by atoms with Crippen LogP contribution in [0.2, 0.25) is 0 Å². The van der Waals surface area contributed by atoms with Gasteiger partial charge in [-0.05, 0) is 55.8 Å². The van der Waals surface area contributed by atoms with Gasteiger partial charge in [-0.2, -0.15) is 8.78 Å². The van der Waals surface area contributed by atoms with E-state index in [-0.39, 0.29) is 36.8 Å². The fourth-order valence-electron chi connectivity index (χ4n) is 4.79. The van der Waals surface area contributed by atoms with Crippen LogP contribution in [-0.2, 0) is 10.7 Å². The van der Waals surface area contributed by atoms with Crippen molar-refractivity contribution < 1.29 is 36.9 Å². The molecule has 11 heteroatoms. The Labute approximate surface area is 222 Å². The number of amides is 1. The quantitative estimate of drug-likeness (QED) is 0.413. The number of fused-ring (bicyclic) bond motifs is 1. The number of pyridine rings is 1. The first-order valence-corrected chi connectivity index (χ1v) is 12.6. The Balaban J connectivity index is 1.36.